The Hall–Kier alpha value is -2.08. The van der Waals surface area contributed by atoms with Gasteiger partial charge in [0.1, 0.15) is 0 Å². The van der Waals surface area contributed by atoms with E-state index in [0.717, 1.165) is 12.0 Å². The van der Waals surface area contributed by atoms with E-state index in [1.54, 1.807) is 18.2 Å². The van der Waals surface area contributed by atoms with E-state index in [4.69, 9.17) is 5.26 Å². The van der Waals surface area contributed by atoms with E-state index in [2.05, 4.69) is 5.32 Å². The molecule has 1 amide bonds. The molecule has 17 heavy (non-hydrogen) atoms. The molecule has 0 aliphatic rings. The minimum Gasteiger partial charge on any atom is -0.350 e. The van der Waals surface area contributed by atoms with Crippen LogP contribution in [0.2, 0.25) is 0 Å². The van der Waals surface area contributed by atoms with Crippen molar-refractivity contribution in [2.24, 2.45) is 0 Å². The number of rotatable bonds is 4. The lowest BCUT2D eigenvalue weighted by Gasteiger charge is -2.08. The van der Waals surface area contributed by atoms with Gasteiger partial charge in [0.2, 0.25) is 5.91 Å². The van der Waals surface area contributed by atoms with E-state index >= 15 is 0 Å². The Kier molecular flexibility index (Phi) is 4.96. The summed E-state index contributed by atoms with van der Waals surface area (Å²) in [7, 11) is 0. The first-order chi connectivity index (χ1) is 8.15. The third-order valence-corrected chi connectivity index (χ3v) is 2.47. The average molecular weight is 228 g/mol. The number of benzene rings is 1. The van der Waals surface area contributed by atoms with Gasteiger partial charge in [-0.2, -0.15) is 5.26 Å². The maximum Gasteiger partial charge on any atom is 0.244 e. The third-order valence-electron chi connectivity index (χ3n) is 2.47. The predicted molar refractivity (Wildman–Crippen MR) is 68.1 cm³/mol. The Morgan fingerprint density at radius 1 is 1.47 bits per heavy atom. The topological polar surface area (TPSA) is 52.9 Å². The van der Waals surface area contributed by atoms with Gasteiger partial charge in [-0.25, -0.2) is 0 Å². The molecule has 1 rings (SSSR count). The summed E-state index contributed by atoms with van der Waals surface area (Å²) in [5.41, 5.74) is 1.52. The highest BCUT2D eigenvalue weighted by Gasteiger charge is 2.00. The van der Waals surface area contributed by atoms with Gasteiger partial charge in [-0.15, -0.1) is 0 Å². The second kappa shape index (κ2) is 6.49. The van der Waals surface area contributed by atoms with Crippen LogP contribution in [0.3, 0.4) is 0 Å². The first-order valence-corrected chi connectivity index (χ1v) is 5.64. The smallest absolute Gasteiger partial charge is 0.244 e. The summed E-state index contributed by atoms with van der Waals surface area (Å²) in [5.74, 6) is -0.0938. The van der Waals surface area contributed by atoms with E-state index in [0.29, 0.717) is 5.56 Å². The van der Waals surface area contributed by atoms with Crippen molar-refractivity contribution in [2.45, 2.75) is 26.3 Å². The molecule has 0 saturated carbocycles. The zero-order valence-electron chi connectivity index (χ0n) is 10.1. The van der Waals surface area contributed by atoms with Gasteiger partial charge in [0.15, 0.2) is 0 Å². The van der Waals surface area contributed by atoms with Crippen molar-refractivity contribution >= 4 is 12.0 Å². The van der Waals surface area contributed by atoms with Crippen LogP contribution in [0.25, 0.3) is 6.08 Å². The van der Waals surface area contributed by atoms with Gasteiger partial charge in [-0.05, 0) is 37.1 Å². The molecule has 0 bridgehead atoms. The Morgan fingerprint density at radius 3 is 2.65 bits per heavy atom. The fourth-order valence-corrected chi connectivity index (χ4v) is 1.23. The van der Waals surface area contributed by atoms with Gasteiger partial charge >= 0.3 is 0 Å². The summed E-state index contributed by atoms with van der Waals surface area (Å²) < 4.78 is 0. The Bertz CT molecular complexity index is 440. The molecule has 88 valence electrons. The number of hydrogen-bond acceptors (Lipinski definition) is 2. The molecule has 0 saturated heterocycles. The van der Waals surface area contributed by atoms with Gasteiger partial charge in [0, 0.05) is 12.1 Å². The minimum atomic E-state index is -0.0938. The fourth-order valence-electron chi connectivity index (χ4n) is 1.23. The largest absolute Gasteiger partial charge is 0.350 e. The van der Waals surface area contributed by atoms with E-state index in [9.17, 15) is 4.79 Å². The van der Waals surface area contributed by atoms with Gasteiger partial charge in [0.05, 0.1) is 11.6 Å². The molecule has 1 aromatic rings. The Labute approximate surface area is 102 Å². The molecule has 1 N–H and O–H groups in total. The lowest BCUT2D eigenvalue weighted by molar-refractivity contribution is -0.117. The highest BCUT2D eigenvalue weighted by Crippen LogP contribution is 2.05. The van der Waals surface area contributed by atoms with Crippen LogP contribution in [0.1, 0.15) is 31.4 Å². The molecule has 1 atom stereocenters. The highest BCUT2D eigenvalue weighted by atomic mass is 16.1. The first kappa shape index (κ1) is 13.0. The van der Waals surface area contributed by atoms with Crippen LogP contribution >= 0.6 is 0 Å². The third kappa shape index (κ3) is 4.52. The van der Waals surface area contributed by atoms with Gasteiger partial charge in [0.25, 0.3) is 0 Å². The van der Waals surface area contributed by atoms with Gasteiger partial charge < -0.3 is 5.32 Å². The normalized spacial score (nSPS) is 12.1. The van der Waals surface area contributed by atoms with Crippen molar-refractivity contribution < 1.29 is 4.79 Å². The van der Waals surface area contributed by atoms with Crippen molar-refractivity contribution in [3.63, 3.8) is 0 Å². The summed E-state index contributed by atoms with van der Waals surface area (Å²) in [5, 5.41) is 11.5. The number of carbonyl (C=O) groups is 1. The van der Waals surface area contributed by atoms with Crippen molar-refractivity contribution in [3.8, 4) is 6.07 Å². The van der Waals surface area contributed by atoms with Crippen molar-refractivity contribution in [1.29, 1.82) is 5.26 Å². The molecule has 1 unspecified atom stereocenters. The van der Waals surface area contributed by atoms with Crippen LogP contribution in [0.15, 0.2) is 30.3 Å². The maximum atomic E-state index is 11.5. The standard InChI is InChI=1S/C14H16N2O/c1-3-11(2)16-14(17)9-8-12-4-6-13(10-15)7-5-12/h4-9,11H,3H2,1-2H3,(H,16,17). The van der Waals surface area contributed by atoms with E-state index in [1.165, 1.54) is 6.08 Å². The summed E-state index contributed by atoms with van der Waals surface area (Å²) in [6, 6.07) is 9.32. The van der Waals surface area contributed by atoms with Crippen LogP contribution in [0.5, 0.6) is 0 Å². The molecular weight excluding hydrogens is 212 g/mol. The lowest BCUT2D eigenvalue weighted by Crippen LogP contribution is -2.30. The summed E-state index contributed by atoms with van der Waals surface area (Å²) in [6.45, 7) is 3.99. The van der Waals surface area contributed by atoms with Crippen molar-refractivity contribution in [3.05, 3.63) is 41.5 Å². The summed E-state index contributed by atoms with van der Waals surface area (Å²) in [4.78, 5) is 11.5. The molecule has 0 spiro atoms. The maximum absolute atomic E-state index is 11.5. The quantitative estimate of drug-likeness (QED) is 0.805. The SMILES string of the molecule is CCC(C)NC(=O)C=Cc1ccc(C#N)cc1. The molecule has 3 nitrogen and oxygen atoms in total. The number of nitrogens with one attached hydrogen (secondary N) is 1. The van der Waals surface area contributed by atoms with Gasteiger partial charge in [-0.3, -0.25) is 4.79 Å². The fraction of sp³-hybridized carbons (Fsp3) is 0.286. The summed E-state index contributed by atoms with van der Waals surface area (Å²) >= 11 is 0. The lowest BCUT2D eigenvalue weighted by atomic mass is 10.1. The molecule has 0 aliphatic heterocycles. The first-order valence-electron chi connectivity index (χ1n) is 5.64. The van der Waals surface area contributed by atoms with Crippen LogP contribution < -0.4 is 5.32 Å². The number of nitriles is 1. The average Bonchev–Trinajstić information content (AvgIpc) is 2.36. The summed E-state index contributed by atoms with van der Waals surface area (Å²) in [6.07, 6.45) is 4.16. The number of carbonyl (C=O) groups excluding carboxylic acids is 1. The monoisotopic (exact) mass is 228 g/mol. The van der Waals surface area contributed by atoms with E-state index in [-0.39, 0.29) is 11.9 Å². The molecule has 0 aromatic heterocycles. The van der Waals surface area contributed by atoms with Crippen LogP contribution in [-0.4, -0.2) is 11.9 Å². The van der Waals surface area contributed by atoms with E-state index < -0.39 is 0 Å². The molecule has 3 heteroatoms. The molecule has 0 heterocycles. The Balaban J connectivity index is 2.58. The van der Waals surface area contributed by atoms with Crippen molar-refractivity contribution in [1.82, 2.24) is 5.32 Å². The van der Waals surface area contributed by atoms with Gasteiger partial charge in [-0.1, -0.05) is 19.1 Å². The second-order valence-corrected chi connectivity index (χ2v) is 3.89. The zero-order valence-corrected chi connectivity index (χ0v) is 10.1. The van der Waals surface area contributed by atoms with Crippen LogP contribution in [-0.2, 0) is 4.79 Å². The number of hydrogen-bond donors (Lipinski definition) is 1. The van der Waals surface area contributed by atoms with E-state index in [1.807, 2.05) is 32.0 Å². The van der Waals surface area contributed by atoms with Crippen LogP contribution in [0.4, 0.5) is 0 Å². The predicted octanol–water partition coefficient (Wildman–Crippen LogP) is 2.49. The molecule has 1 aromatic carbocycles. The zero-order chi connectivity index (χ0) is 12.7. The Morgan fingerprint density at radius 2 is 2.12 bits per heavy atom. The molecule has 0 aliphatic carbocycles. The second-order valence-electron chi connectivity index (χ2n) is 3.89. The highest BCUT2D eigenvalue weighted by molar-refractivity contribution is 5.91. The molecular formula is C14H16N2O. The number of nitrogens with zero attached hydrogens (tertiary/aromatic N) is 1. The molecule has 0 fully saturated rings. The molecule has 0 radical (unpaired) electrons. The van der Waals surface area contributed by atoms with Crippen LogP contribution in [0, 0.1) is 11.3 Å². The van der Waals surface area contributed by atoms with Crippen molar-refractivity contribution in [2.75, 3.05) is 0 Å². The number of amides is 1. The minimum absolute atomic E-state index is 0.0938.